The molecule has 24 heavy (non-hydrogen) atoms. The SMILES string of the molecule is Cc1ccc(C(=O)N2CCN(Cc3ccccc3Cl)CC2)cc1F. The van der Waals surface area contributed by atoms with Gasteiger partial charge in [-0.1, -0.05) is 35.9 Å². The number of hydrogen-bond donors (Lipinski definition) is 0. The third kappa shape index (κ3) is 3.77. The zero-order valence-electron chi connectivity index (χ0n) is 13.6. The number of carbonyl (C=O) groups excluding carboxylic acids is 1. The molecule has 0 saturated carbocycles. The van der Waals surface area contributed by atoms with Crippen LogP contribution in [-0.4, -0.2) is 41.9 Å². The maximum absolute atomic E-state index is 13.7. The average Bonchev–Trinajstić information content (AvgIpc) is 2.59. The topological polar surface area (TPSA) is 23.6 Å². The van der Waals surface area contributed by atoms with Gasteiger partial charge in [0.2, 0.25) is 0 Å². The third-order valence-corrected chi connectivity index (χ3v) is 4.80. The van der Waals surface area contributed by atoms with Crippen molar-refractivity contribution in [3.8, 4) is 0 Å². The van der Waals surface area contributed by atoms with Gasteiger partial charge in [-0.05, 0) is 36.2 Å². The molecule has 1 fully saturated rings. The van der Waals surface area contributed by atoms with Crippen LogP contribution in [-0.2, 0) is 6.54 Å². The molecule has 1 aliphatic rings. The van der Waals surface area contributed by atoms with E-state index in [0.717, 1.165) is 30.2 Å². The molecule has 3 nitrogen and oxygen atoms in total. The molecule has 2 aromatic carbocycles. The number of hydrogen-bond acceptors (Lipinski definition) is 2. The van der Waals surface area contributed by atoms with Crippen molar-refractivity contribution >= 4 is 17.5 Å². The molecule has 1 aliphatic heterocycles. The molecule has 0 bridgehead atoms. The van der Waals surface area contributed by atoms with Gasteiger partial charge >= 0.3 is 0 Å². The van der Waals surface area contributed by atoms with Gasteiger partial charge in [-0.2, -0.15) is 0 Å². The summed E-state index contributed by atoms with van der Waals surface area (Å²) in [5, 5.41) is 0.770. The molecule has 126 valence electrons. The highest BCUT2D eigenvalue weighted by atomic mass is 35.5. The summed E-state index contributed by atoms with van der Waals surface area (Å²) in [5.74, 6) is -0.440. The van der Waals surface area contributed by atoms with Crippen molar-refractivity contribution in [1.29, 1.82) is 0 Å². The maximum atomic E-state index is 13.7. The Kier molecular flexibility index (Phi) is 5.17. The average molecular weight is 347 g/mol. The van der Waals surface area contributed by atoms with E-state index in [0.29, 0.717) is 24.2 Å². The van der Waals surface area contributed by atoms with Gasteiger partial charge in [0.15, 0.2) is 0 Å². The summed E-state index contributed by atoms with van der Waals surface area (Å²) in [6, 6.07) is 12.5. The van der Waals surface area contributed by atoms with Crippen LogP contribution < -0.4 is 0 Å². The highest BCUT2D eigenvalue weighted by Gasteiger charge is 2.23. The Morgan fingerprint density at radius 3 is 2.50 bits per heavy atom. The first-order valence-electron chi connectivity index (χ1n) is 8.06. The van der Waals surface area contributed by atoms with Gasteiger partial charge in [-0.15, -0.1) is 0 Å². The van der Waals surface area contributed by atoms with E-state index >= 15 is 0 Å². The van der Waals surface area contributed by atoms with Crippen molar-refractivity contribution in [2.24, 2.45) is 0 Å². The molecule has 0 spiro atoms. The van der Waals surface area contributed by atoms with Gasteiger partial charge in [-0.25, -0.2) is 4.39 Å². The molecule has 2 aromatic rings. The monoisotopic (exact) mass is 346 g/mol. The Hall–Kier alpha value is -1.91. The number of carbonyl (C=O) groups is 1. The van der Waals surface area contributed by atoms with Crippen molar-refractivity contribution < 1.29 is 9.18 Å². The van der Waals surface area contributed by atoms with E-state index in [1.807, 2.05) is 24.3 Å². The van der Waals surface area contributed by atoms with Crippen molar-refractivity contribution in [2.75, 3.05) is 26.2 Å². The van der Waals surface area contributed by atoms with Gasteiger partial charge in [0.25, 0.3) is 5.91 Å². The van der Waals surface area contributed by atoms with Crippen molar-refractivity contribution in [2.45, 2.75) is 13.5 Å². The summed E-state index contributed by atoms with van der Waals surface area (Å²) in [7, 11) is 0. The fourth-order valence-corrected chi connectivity index (χ4v) is 3.08. The quantitative estimate of drug-likeness (QED) is 0.845. The summed E-state index contributed by atoms with van der Waals surface area (Å²) < 4.78 is 13.7. The number of nitrogens with zero attached hydrogens (tertiary/aromatic N) is 2. The standard InChI is InChI=1S/C19H20ClFN2O/c1-14-6-7-15(12-18(14)21)19(24)23-10-8-22(9-11-23)13-16-4-2-3-5-17(16)20/h2-7,12H,8-11,13H2,1H3. The Balaban J connectivity index is 1.59. The lowest BCUT2D eigenvalue weighted by molar-refractivity contribution is 0.0628. The van der Waals surface area contributed by atoms with E-state index < -0.39 is 0 Å². The van der Waals surface area contributed by atoms with Crippen LogP contribution in [0.2, 0.25) is 5.02 Å². The molecule has 3 rings (SSSR count). The molecule has 0 radical (unpaired) electrons. The number of aryl methyl sites for hydroxylation is 1. The van der Waals surface area contributed by atoms with Gasteiger partial charge in [0.05, 0.1) is 0 Å². The molecule has 5 heteroatoms. The van der Waals surface area contributed by atoms with Crippen LogP contribution in [0.1, 0.15) is 21.5 Å². The summed E-state index contributed by atoms with van der Waals surface area (Å²) in [4.78, 5) is 16.6. The third-order valence-electron chi connectivity index (χ3n) is 4.43. The predicted octanol–water partition coefficient (Wildman–Crippen LogP) is 3.75. The molecule has 0 unspecified atom stereocenters. The molecule has 1 amide bonds. The smallest absolute Gasteiger partial charge is 0.254 e. The van der Waals surface area contributed by atoms with Gasteiger partial charge < -0.3 is 4.90 Å². The van der Waals surface area contributed by atoms with Crippen LogP contribution in [0, 0.1) is 12.7 Å². The van der Waals surface area contributed by atoms with Crippen LogP contribution in [0.25, 0.3) is 0 Å². The lowest BCUT2D eigenvalue weighted by atomic mass is 10.1. The van der Waals surface area contributed by atoms with Crippen molar-refractivity contribution in [3.63, 3.8) is 0 Å². The first-order valence-corrected chi connectivity index (χ1v) is 8.43. The Morgan fingerprint density at radius 1 is 1.12 bits per heavy atom. The largest absolute Gasteiger partial charge is 0.336 e. The van der Waals surface area contributed by atoms with Gasteiger partial charge in [-0.3, -0.25) is 9.69 Å². The fourth-order valence-electron chi connectivity index (χ4n) is 2.89. The number of amides is 1. The van der Waals surface area contributed by atoms with E-state index in [-0.39, 0.29) is 11.7 Å². The van der Waals surface area contributed by atoms with E-state index in [4.69, 9.17) is 11.6 Å². The highest BCUT2D eigenvalue weighted by molar-refractivity contribution is 6.31. The van der Waals surface area contributed by atoms with Gasteiger partial charge in [0, 0.05) is 43.3 Å². The second kappa shape index (κ2) is 7.32. The second-order valence-electron chi connectivity index (χ2n) is 6.12. The van der Waals surface area contributed by atoms with Crippen molar-refractivity contribution in [3.05, 3.63) is 70.0 Å². The summed E-state index contributed by atoms with van der Waals surface area (Å²) in [5.41, 5.74) is 2.06. The normalized spacial score (nSPS) is 15.5. The maximum Gasteiger partial charge on any atom is 0.254 e. The first kappa shape index (κ1) is 16.9. The molecule has 1 saturated heterocycles. The van der Waals surface area contributed by atoms with E-state index in [9.17, 15) is 9.18 Å². The Labute approximate surface area is 146 Å². The van der Waals surface area contributed by atoms with Crippen LogP contribution in [0.5, 0.6) is 0 Å². The second-order valence-corrected chi connectivity index (χ2v) is 6.53. The highest BCUT2D eigenvalue weighted by Crippen LogP contribution is 2.19. The minimum absolute atomic E-state index is 0.105. The lowest BCUT2D eigenvalue weighted by Crippen LogP contribution is -2.48. The summed E-state index contributed by atoms with van der Waals surface area (Å²) in [6.45, 7) is 5.31. The van der Waals surface area contributed by atoms with E-state index in [1.54, 1.807) is 24.0 Å². The van der Waals surface area contributed by atoms with E-state index in [2.05, 4.69) is 4.90 Å². The van der Waals surface area contributed by atoms with Crippen LogP contribution >= 0.6 is 11.6 Å². The predicted molar refractivity (Wildman–Crippen MR) is 93.8 cm³/mol. The van der Waals surface area contributed by atoms with Crippen LogP contribution in [0.3, 0.4) is 0 Å². The Morgan fingerprint density at radius 2 is 1.83 bits per heavy atom. The Bertz CT molecular complexity index is 742. The molecule has 0 N–H and O–H groups in total. The molecule has 0 aromatic heterocycles. The summed E-state index contributed by atoms with van der Waals surface area (Å²) >= 11 is 6.20. The number of benzene rings is 2. The molecular weight excluding hydrogens is 327 g/mol. The zero-order valence-corrected chi connectivity index (χ0v) is 14.4. The van der Waals surface area contributed by atoms with Gasteiger partial charge in [0.1, 0.15) is 5.82 Å². The fraction of sp³-hybridized carbons (Fsp3) is 0.316. The molecule has 0 atom stereocenters. The van der Waals surface area contributed by atoms with E-state index in [1.165, 1.54) is 6.07 Å². The van der Waals surface area contributed by atoms with Crippen LogP contribution in [0.15, 0.2) is 42.5 Å². The molecule has 0 aliphatic carbocycles. The number of piperazine rings is 1. The number of halogens is 2. The molecule has 1 heterocycles. The minimum atomic E-state index is -0.335. The van der Waals surface area contributed by atoms with Crippen LogP contribution in [0.4, 0.5) is 4.39 Å². The number of rotatable bonds is 3. The zero-order chi connectivity index (χ0) is 17.1. The minimum Gasteiger partial charge on any atom is -0.336 e. The lowest BCUT2D eigenvalue weighted by Gasteiger charge is -2.35. The summed E-state index contributed by atoms with van der Waals surface area (Å²) in [6.07, 6.45) is 0. The first-order chi connectivity index (χ1) is 11.5. The van der Waals surface area contributed by atoms with Crippen molar-refractivity contribution in [1.82, 2.24) is 9.80 Å². The molecular formula is C19H20ClFN2O.